The molecule has 1 amide bonds. The van der Waals surface area contributed by atoms with Gasteiger partial charge in [0.2, 0.25) is 11.8 Å². The van der Waals surface area contributed by atoms with Crippen molar-refractivity contribution in [2.45, 2.75) is 25.0 Å². The first-order valence-electron chi connectivity index (χ1n) is 6.36. The number of methoxy groups -OCH3 is 1. The SMILES string of the molecule is COc1ncccc1C(O)C(N)C(=O)N1CCCC1.Cl.Cl. The zero-order valence-corrected chi connectivity index (χ0v) is 13.4. The van der Waals surface area contributed by atoms with Crippen molar-refractivity contribution in [2.24, 2.45) is 5.73 Å². The van der Waals surface area contributed by atoms with Gasteiger partial charge in [-0.2, -0.15) is 0 Å². The van der Waals surface area contributed by atoms with Gasteiger partial charge in [0, 0.05) is 24.8 Å². The normalized spacial score (nSPS) is 16.4. The van der Waals surface area contributed by atoms with Crippen LogP contribution >= 0.6 is 24.8 Å². The van der Waals surface area contributed by atoms with Gasteiger partial charge in [0.15, 0.2) is 0 Å². The number of hydrogen-bond donors (Lipinski definition) is 2. The third-order valence-corrected chi connectivity index (χ3v) is 3.36. The largest absolute Gasteiger partial charge is 0.481 e. The lowest BCUT2D eigenvalue weighted by Gasteiger charge is -2.24. The highest BCUT2D eigenvalue weighted by molar-refractivity contribution is 5.85. The Balaban J connectivity index is 0.00000200. The van der Waals surface area contributed by atoms with Gasteiger partial charge < -0.3 is 20.5 Å². The van der Waals surface area contributed by atoms with E-state index >= 15 is 0 Å². The van der Waals surface area contributed by atoms with Crippen molar-refractivity contribution >= 4 is 30.7 Å². The second kappa shape index (κ2) is 9.04. The molecule has 1 saturated heterocycles. The van der Waals surface area contributed by atoms with Crippen LogP contribution in [0.2, 0.25) is 0 Å². The minimum absolute atomic E-state index is 0. The highest BCUT2D eigenvalue weighted by Gasteiger charge is 2.31. The van der Waals surface area contributed by atoms with E-state index in [0.29, 0.717) is 24.5 Å². The van der Waals surface area contributed by atoms with Crippen LogP contribution in [0.15, 0.2) is 18.3 Å². The number of rotatable bonds is 4. The number of nitrogens with zero attached hydrogens (tertiary/aromatic N) is 2. The smallest absolute Gasteiger partial charge is 0.242 e. The summed E-state index contributed by atoms with van der Waals surface area (Å²) in [6, 6.07) is 2.35. The number of hydrogen-bond acceptors (Lipinski definition) is 5. The van der Waals surface area contributed by atoms with Gasteiger partial charge in [-0.25, -0.2) is 4.98 Å². The van der Waals surface area contributed by atoms with Crippen LogP contribution in [-0.2, 0) is 4.79 Å². The van der Waals surface area contributed by atoms with Gasteiger partial charge in [-0.05, 0) is 25.0 Å². The van der Waals surface area contributed by atoms with Crippen LogP contribution in [0.25, 0.3) is 0 Å². The molecule has 2 atom stereocenters. The fraction of sp³-hybridized carbons (Fsp3) is 0.538. The van der Waals surface area contributed by atoms with Crippen molar-refractivity contribution in [3.05, 3.63) is 23.9 Å². The van der Waals surface area contributed by atoms with E-state index in [1.165, 1.54) is 7.11 Å². The van der Waals surface area contributed by atoms with Crippen LogP contribution in [0.3, 0.4) is 0 Å². The summed E-state index contributed by atoms with van der Waals surface area (Å²) in [6.45, 7) is 1.42. The summed E-state index contributed by atoms with van der Waals surface area (Å²) in [6.07, 6.45) is 2.43. The number of amides is 1. The molecular formula is C13H21Cl2N3O3. The molecule has 3 N–H and O–H groups in total. The van der Waals surface area contributed by atoms with Crippen LogP contribution in [0.1, 0.15) is 24.5 Å². The number of pyridine rings is 1. The molecule has 0 aromatic carbocycles. The van der Waals surface area contributed by atoms with Crippen molar-refractivity contribution in [2.75, 3.05) is 20.2 Å². The molecule has 21 heavy (non-hydrogen) atoms. The number of aromatic nitrogens is 1. The van der Waals surface area contributed by atoms with Crippen LogP contribution in [0.5, 0.6) is 5.88 Å². The minimum Gasteiger partial charge on any atom is -0.481 e. The van der Waals surface area contributed by atoms with Gasteiger partial charge >= 0.3 is 0 Å². The quantitative estimate of drug-likeness (QED) is 0.852. The van der Waals surface area contributed by atoms with E-state index in [0.717, 1.165) is 12.8 Å². The highest BCUT2D eigenvalue weighted by Crippen LogP contribution is 2.25. The maximum atomic E-state index is 12.1. The summed E-state index contributed by atoms with van der Waals surface area (Å²) in [7, 11) is 1.46. The molecule has 0 spiro atoms. The lowest BCUT2D eigenvalue weighted by atomic mass is 10.0. The van der Waals surface area contributed by atoms with Crippen molar-refractivity contribution in [3.63, 3.8) is 0 Å². The fourth-order valence-corrected chi connectivity index (χ4v) is 2.28. The first kappa shape index (κ1) is 19.9. The zero-order chi connectivity index (χ0) is 13.8. The van der Waals surface area contributed by atoms with Crippen LogP contribution < -0.4 is 10.5 Å². The van der Waals surface area contributed by atoms with Gasteiger partial charge in [0.05, 0.1) is 7.11 Å². The fourth-order valence-electron chi connectivity index (χ4n) is 2.28. The molecule has 0 aliphatic carbocycles. The Kier molecular flexibility index (Phi) is 8.58. The number of halogens is 2. The summed E-state index contributed by atoms with van der Waals surface area (Å²) in [5.74, 6) is 0.0654. The molecule has 2 unspecified atom stereocenters. The maximum Gasteiger partial charge on any atom is 0.242 e. The lowest BCUT2D eigenvalue weighted by Crippen LogP contribution is -2.46. The Labute approximate surface area is 136 Å². The van der Waals surface area contributed by atoms with E-state index in [4.69, 9.17) is 10.5 Å². The van der Waals surface area contributed by atoms with Crippen LogP contribution in [0, 0.1) is 0 Å². The number of carbonyl (C=O) groups excluding carboxylic acids is 1. The summed E-state index contributed by atoms with van der Waals surface area (Å²) in [4.78, 5) is 17.8. The molecule has 2 heterocycles. The predicted molar refractivity (Wildman–Crippen MR) is 84.0 cm³/mol. The molecule has 120 valence electrons. The van der Waals surface area contributed by atoms with Gasteiger partial charge in [-0.3, -0.25) is 4.79 Å². The van der Waals surface area contributed by atoms with Gasteiger partial charge in [-0.1, -0.05) is 0 Å². The van der Waals surface area contributed by atoms with E-state index < -0.39 is 12.1 Å². The average Bonchev–Trinajstić information content (AvgIpc) is 2.99. The second-order valence-corrected chi connectivity index (χ2v) is 4.60. The number of carbonyl (C=O) groups is 1. The Hall–Kier alpha value is -1.08. The topological polar surface area (TPSA) is 88.7 Å². The molecule has 0 saturated carbocycles. The second-order valence-electron chi connectivity index (χ2n) is 4.60. The van der Waals surface area contributed by atoms with E-state index in [9.17, 15) is 9.90 Å². The average molecular weight is 338 g/mol. The summed E-state index contributed by atoms with van der Waals surface area (Å²) in [5, 5.41) is 10.2. The standard InChI is InChI=1S/C13H19N3O3.2ClH/c1-19-12-9(5-4-6-15-12)11(17)10(14)13(18)16-7-2-3-8-16;;/h4-6,10-11,17H,2-3,7-8,14H2,1H3;2*1H. The number of likely N-dealkylation sites (tertiary alicyclic amines) is 1. The number of ether oxygens (including phenoxy) is 1. The molecule has 8 heteroatoms. The van der Waals surface area contributed by atoms with Crippen molar-refractivity contribution in [1.82, 2.24) is 9.88 Å². The van der Waals surface area contributed by atoms with Crippen LogP contribution in [-0.4, -0.2) is 47.1 Å². The molecule has 1 aromatic rings. The molecule has 1 fully saturated rings. The molecule has 1 aliphatic heterocycles. The van der Waals surface area contributed by atoms with Crippen molar-refractivity contribution in [1.29, 1.82) is 0 Å². The number of nitrogens with two attached hydrogens (primary N) is 1. The van der Waals surface area contributed by atoms with E-state index in [-0.39, 0.29) is 30.7 Å². The Bertz CT molecular complexity index is 456. The number of aliphatic hydroxyl groups is 1. The molecule has 1 aliphatic rings. The van der Waals surface area contributed by atoms with Crippen molar-refractivity contribution < 1.29 is 14.6 Å². The first-order chi connectivity index (χ1) is 9.15. The molecular weight excluding hydrogens is 317 g/mol. The van der Waals surface area contributed by atoms with Crippen LogP contribution in [0.4, 0.5) is 0 Å². The summed E-state index contributed by atoms with van der Waals surface area (Å²) < 4.78 is 5.07. The molecule has 2 rings (SSSR count). The van der Waals surface area contributed by atoms with Crippen molar-refractivity contribution in [3.8, 4) is 5.88 Å². The third kappa shape index (κ3) is 4.44. The Morgan fingerprint density at radius 3 is 2.62 bits per heavy atom. The van der Waals surface area contributed by atoms with E-state index in [2.05, 4.69) is 4.98 Å². The Morgan fingerprint density at radius 2 is 2.05 bits per heavy atom. The van der Waals surface area contributed by atoms with E-state index in [1.54, 1.807) is 23.2 Å². The minimum atomic E-state index is -1.11. The molecule has 0 radical (unpaired) electrons. The zero-order valence-electron chi connectivity index (χ0n) is 11.8. The highest BCUT2D eigenvalue weighted by atomic mass is 35.5. The summed E-state index contributed by atoms with van der Waals surface area (Å²) >= 11 is 0. The predicted octanol–water partition coefficient (Wildman–Crippen LogP) is 0.917. The summed E-state index contributed by atoms with van der Waals surface area (Å²) in [5.41, 5.74) is 6.31. The van der Waals surface area contributed by atoms with Gasteiger partial charge in [0.1, 0.15) is 12.1 Å². The monoisotopic (exact) mass is 337 g/mol. The van der Waals surface area contributed by atoms with Gasteiger partial charge in [0.25, 0.3) is 0 Å². The Morgan fingerprint density at radius 1 is 1.43 bits per heavy atom. The number of aliphatic hydroxyl groups excluding tert-OH is 1. The lowest BCUT2D eigenvalue weighted by molar-refractivity contribution is -0.134. The molecule has 1 aromatic heterocycles. The molecule has 0 bridgehead atoms. The first-order valence-corrected chi connectivity index (χ1v) is 6.36. The van der Waals surface area contributed by atoms with E-state index in [1.807, 2.05) is 0 Å². The van der Waals surface area contributed by atoms with Gasteiger partial charge in [-0.15, -0.1) is 24.8 Å². The third-order valence-electron chi connectivity index (χ3n) is 3.36. The maximum absolute atomic E-state index is 12.1. The molecule has 6 nitrogen and oxygen atoms in total.